The molecule has 0 saturated carbocycles. The number of nitrogens with zero attached hydrogens (tertiary/aromatic N) is 2. The number of hydrogen-bond donors (Lipinski definition) is 0. The first-order valence-electron chi connectivity index (χ1n) is 7.94. The zero-order chi connectivity index (χ0) is 16.4. The first kappa shape index (κ1) is 16.0. The molecule has 1 atom stereocenters. The van der Waals surface area contributed by atoms with Crippen LogP contribution in [0.3, 0.4) is 0 Å². The van der Waals surface area contributed by atoms with Gasteiger partial charge in [-0.3, -0.25) is 4.79 Å². The van der Waals surface area contributed by atoms with E-state index >= 15 is 0 Å². The SMILES string of the molecule is CC(C)c1nc(CN(C)C(=O)[C@@H]2COc3ccccc3C2)cs1. The van der Waals surface area contributed by atoms with Gasteiger partial charge in [-0.2, -0.15) is 0 Å². The van der Waals surface area contributed by atoms with Crippen molar-refractivity contribution >= 4 is 17.2 Å². The predicted octanol–water partition coefficient (Wildman–Crippen LogP) is 3.48. The minimum absolute atomic E-state index is 0.113. The molecule has 0 fully saturated rings. The van der Waals surface area contributed by atoms with E-state index in [1.54, 1.807) is 16.2 Å². The number of benzene rings is 1. The lowest BCUT2D eigenvalue weighted by molar-refractivity contribution is -0.136. The first-order chi connectivity index (χ1) is 11.0. The Bertz CT molecular complexity index is 696. The van der Waals surface area contributed by atoms with E-state index in [2.05, 4.69) is 18.8 Å². The summed E-state index contributed by atoms with van der Waals surface area (Å²) in [6.45, 7) is 5.28. The predicted molar refractivity (Wildman–Crippen MR) is 91.8 cm³/mol. The van der Waals surface area contributed by atoms with Crippen LogP contribution >= 0.6 is 11.3 Å². The number of carbonyl (C=O) groups is 1. The molecule has 2 aromatic rings. The Hall–Kier alpha value is -1.88. The minimum atomic E-state index is -0.113. The summed E-state index contributed by atoms with van der Waals surface area (Å²) in [5.41, 5.74) is 2.08. The summed E-state index contributed by atoms with van der Waals surface area (Å²) in [4.78, 5) is 19.0. The number of ether oxygens (including phenoxy) is 1. The molecular formula is C18H22N2O2S. The highest BCUT2D eigenvalue weighted by molar-refractivity contribution is 7.09. The maximum atomic E-state index is 12.7. The lowest BCUT2D eigenvalue weighted by atomic mass is 9.95. The molecule has 1 aromatic heterocycles. The highest BCUT2D eigenvalue weighted by atomic mass is 32.1. The van der Waals surface area contributed by atoms with Gasteiger partial charge in [-0.05, 0) is 18.1 Å². The molecule has 1 aliphatic heterocycles. The summed E-state index contributed by atoms with van der Waals surface area (Å²) in [6.07, 6.45) is 0.744. The number of fused-ring (bicyclic) bond motifs is 1. The van der Waals surface area contributed by atoms with E-state index in [9.17, 15) is 4.79 Å². The van der Waals surface area contributed by atoms with Crippen LogP contribution < -0.4 is 4.74 Å². The molecule has 4 nitrogen and oxygen atoms in total. The third kappa shape index (κ3) is 3.55. The molecule has 0 bridgehead atoms. The molecule has 2 heterocycles. The third-order valence-electron chi connectivity index (χ3n) is 4.07. The Labute approximate surface area is 141 Å². The quantitative estimate of drug-likeness (QED) is 0.862. The molecule has 0 spiro atoms. The average molecular weight is 330 g/mol. The van der Waals surface area contributed by atoms with Gasteiger partial charge >= 0.3 is 0 Å². The van der Waals surface area contributed by atoms with Crippen molar-refractivity contribution in [3.63, 3.8) is 0 Å². The van der Waals surface area contributed by atoms with Crippen LogP contribution in [0.2, 0.25) is 0 Å². The molecule has 122 valence electrons. The summed E-state index contributed by atoms with van der Waals surface area (Å²) in [5, 5.41) is 3.17. The largest absolute Gasteiger partial charge is 0.492 e. The Balaban J connectivity index is 1.63. The number of hydrogen-bond acceptors (Lipinski definition) is 4. The van der Waals surface area contributed by atoms with Crippen LogP contribution in [0.4, 0.5) is 0 Å². The molecule has 5 heteroatoms. The Morgan fingerprint density at radius 1 is 1.43 bits per heavy atom. The van der Waals surface area contributed by atoms with Gasteiger partial charge in [0.2, 0.25) is 5.91 Å². The van der Waals surface area contributed by atoms with Gasteiger partial charge in [0.05, 0.1) is 23.2 Å². The average Bonchev–Trinajstić information content (AvgIpc) is 3.02. The van der Waals surface area contributed by atoms with E-state index in [4.69, 9.17) is 4.74 Å². The molecule has 0 aliphatic carbocycles. The van der Waals surface area contributed by atoms with Crippen molar-refractivity contribution in [2.24, 2.45) is 5.92 Å². The Morgan fingerprint density at radius 3 is 2.96 bits per heavy atom. The fraction of sp³-hybridized carbons (Fsp3) is 0.444. The summed E-state index contributed by atoms with van der Waals surface area (Å²) in [6, 6.07) is 7.94. The van der Waals surface area contributed by atoms with Crippen LogP contribution in [0.1, 0.15) is 36.0 Å². The molecule has 1 aliphatic rings. The molecule has 3 rings (SSSR count). The van der Waals surface area contributed by atoms with Crippen LogP contribution in [-0.4, -0.2) is 29.4 Å². The van der Waals surface area contributed by atoms with Crippen LogP contribution in [0.25, 0.3) is 0 Å². The summed E-state index contributed by atoms with van der Waals surface area (Å²) in [7, 11) is 1.84. The fourth-order valence-corrected chi connectivity index (χ4v) is 3.61. The first-order valence-corrected chi connectivity index (χ1v) is 8.82. The van der Waals surface area contributed by atoms with Crippen molar-refractivity contribution in [1.29, 1.82) is 0 Å². The molecule has 0 saturated heterocycles. The van der Waals surface area contributed by atoms with E-state index < -0.39 is 0 Å². The van der Waals surface area contributed by atoms with Gasteiger partial charge in [0.25, 0.3) is 0 Å². The van der Waals surface area contributed by atoms with Gasteiger partial charge in [0.1, 0.15) is 12.4 Å². The zero-order valence-corrected chi connectivity index (χ0v) is 14.6. The number of thiazole rings is 1. The third-order valence-corrected chi connectivity index (χ3v) is 5.26. The smallest absolute Gasteiger partial charge is 0.229 e. The maximum absolute atomic E-state index is 12.7. The highest BCUT2D eigenvalue weighted by Crippen LogP contribution is 2.28. The van der Waals surface area contributed by atoms with Crippen LogP contribution in [0, 0.1) is 5.92 Å². The Kier molecular flexibility index (Phi) is 4.66. The molecule has 0 N–H and O–H groups in total. The highest BCUT2D eigenvalue weighted by Gasteiger charge is 2.28. The number of amides is 1. The van der Waals surface area contributed by atoms with Gasteiger partial charge < -0.3 is 9.64 Å². The molecule has 1 aromatic carbocycles. The van der Waals surface area contributed by atoms with E-state index in [-0.39, 0.29) is 11.8 Å². The maximum Gasteiger partial charge on any atom is 0.229 e. The summed E-state index contributed by atoms with van der Waals surface area (Å²) < 4.78 is 5.73. The minimum Gasteiger partial charge on any atom is -0.492 e. The molecule has 1 amide bonds. The van der Waals surface area contributed by atoms with Crippen LogP contribution in [-0.2, 0) is 17.8 Å². The van der Waals surface area contributed by atoms with E-state index in [0.29, 0.717) is 19.1 Å². The van der Waals surface area contributed by atoms with Crippen molar-refractivity contribution in [1.82, 2.24) is 9.88 Å². The second-order valence-corrected chi connectivity index (χ2v) is 7.24. The van der Waals surface area contributed by atoms with E-state index in [0.717, 1.165) is 28.4 Å². The number of carbonyl (C=O) groups excluding carboxylic acids is 1. The second kappa shape index (κ2) is 6.71. The number of para-hydroxylation sites is 1. The molecular weight excluding hydrogens is 308 g/mol. The molecule has 0 radical (unpaired) electrons. The van der Waals surface area contributed by atoms with Crippen molar-refractivity contribution in [2.75, 3.05) is 13.7 Å². The topological polar surface area (TPSA) is 42.4 Å². The van der Waals surface area contributed by atoms with Crippen molar-refractivity contribution in [2.45, 2.75) is 32.7 Å². The number of rotatable bonds is 4. The van der Waals surface area contributed by atoms with E-state index in [1.807, 2.05) is 36.7 Å². The van der Waals surface area contributed by atoms with Gasteiger partial charge in [-0.1, -0.05) is 32.0 Å². The number of aromatic nitrogens is 1. The summed E-state index contributed by atoms with van der Waals surface area (Å²) in [5.74, 6) is 1.34. The van der Waals surface area contributed by atoms with Crippen LogP contribution in [0.5, 0.6) is 5.75 Å². The fourth-order valence-electron chi connectivity index (χ4n) is 2.78. The van der Waals surface area contributed by atoms with Crippen molar-refractivity contribution in [3.8, 4) is 5.75 Å². The lowest BCUT2D eigenvalue weighted by Crippen LogP contribution is -2.38. The standard InChI is InChI=1S/C18H22N2O2S/c1-12(2)17-19-15(11-23-17)9-20(3)18(21)14-8-13-6-4-5-7-16(13)22-10-14/h4-7,11-12,14H,8-10H2,1-3H3/t14-/m0/s1. The van der Waals surface area contributed by atoms with Crippen molar-refractivity contribution < 1.29 is 9.53 Å². The van der Waals surface area contributed by atoms with Gasteiger partial charge in [-0.25, -0.2) is 4.98 Å². The van der Waals surface area contributed by atoms with Gasteiger partial charge in [0, 0.05) is 18.3 Å². The Morgan fingerprint density at radius 2 is 2.22 bits per heavy atom. The van der Waals surface area contributed by atoms with Crippen LogP contribution in [0.15, 0.2) is 29.6 Å². The van der Waals surface area contributed by atoms with E-state index in [1.165, 1.54) is 0 Å². The normalized spacial score (nSPS) is 16.8. The molecule has 0 unspecified atom stereocenters. The van der Waals surface area contributed by atoms with Gasteiger partial charge in [0.15, 0.2) is 0 Å². The van der Waals surface area contributed by atoms with Crippen molar-refractivity contribution in [3.05, 3.63) is 45.9 Å². The zero-order valence-electron chi connectivity index (χ0n) is 13.8. The van der Waals surface area contributed by atoms with Gasteiger partial charge in [-0.15, -0.1) is 11.3 Å². The molecule has 23 heavy (non-hydrogen) atoms. The monoisotopic (exact) mass is 330 g/mol. The second-order valence-electron chi connectivity index (χ2n) is 6.35. The summed E-state index contributed by atoms with van der Waals surface area (Å²) >= 11 is 1.66. The lowest BCUT2D eigenvalue weighted by Gasteiger charge is -2.28.